The average Bonchev–Trinajstić information content (AvgIpc) is 2.67. The van der Waals surface area contributed by atoms with Crippen LogP contribution in [0.25, 0.3) is 0 Å². The number of aryl methyl sites for hydroxylation is 1. The van der Waals surface area contributed by atoms with Crippen LogP contribution in [0, 0.1) is 6.92 Å². The maximum absolute atomic E-state index is 13.3. The number of rotatable bonds is 6. The highest BCUT2D eigenvalue weighted by Gasteiger charge is 2.25. The molecule has 0 aliphatic carbocycles. The van der Waals surface area contributed by atoms with Crippen molar-refractivity contribution in [2.45, 2.75) is 18.4 Å². The first-order valence-corrected chi connectivity index (χ1v) is 10.2. The van der Waals surface area contributed by atoms with Crippen LogP contribution in [0.4, 0.5) is 5.69 Å². The number of anilines is 1. The maximum Gasteiger partial charge on any atom is 0.264 e. The third kappa shape index (κ3) is 4.43. The Morgan fingerprint density at radius 3 is 2.22 bits per heavy atom. The van der Waals surface area contributed by atoms with E-state index in [0.29, 0.717) is 10.7 Å². The van der Waals surface area contributed by atoms with Crippen LogP contribution < -0.4 is 9.04 Å². The minimum Gasteiger partial charge on any atom is -0.497 e. The normalized spacial score (nSPS) is 11.2. The highest BCUT2D eigenvalue weighted by molar-refractivity contribution is 7.92. The fourth-order valence-corrected chi connectivity index (χ4v) is 4.31. The van der Waals surface area contributed by atoms with E-state index in [1.54, 1.807) is 55.6 Å². The first-order valence-electron chi connectivity index (χ1n) is 8.38. The summed E-state index contributed by atoms with van der Waals surface area (Å²) in [6, 6.07) is 21.0. The van der Waals surface area contributed by atoms with Gasteiger partial charge in [-0.2, -0.15) is 0 Å². The van der Waals surface area contributed by atoms with Crippen LogP contribution in [-0.4, -0.2) is 15.5 Å². The molecule has 3 rings (SSSR count). The predicted octanol–water partition coefficient (Wildman–Crippen LogP) is 5.05. The molecule has 0 unspecified atom stereocenters. The van der Waals surface area contributed by atoms with Gasteiger partial charge in [-0.3, -0.25) is 4.31 Å². The molecule has 0 fully saturated rings. The van der Waals surface area contributed by atoms with Crippen molar-refractivity contribution in [1.29, 1.82) is 0 Å². The summed E-state index contributed by atoms with van der Waals surface area (Å²) in [5.74, 6) is 0.717. The number of halogens is 1. The summed E-state index contributed by atoms with van der Waals surface area (Å²) in [5, 5.41) is 0.478. The van der Waals surface area contributed by atoms with Gasteiger partial charge in [-0.05, 0) is 55.0 Å². The molecule has 0 radical (unpaired) electrons. The van der Waals surface area contributed by atoms with E-state index in [1.807, 2.05) is 31.2 Å². The quantitative estimate of drug-likeness (QED) is 0.580. The fourth-order valence-electron chi connectivity index (χ4n) is 2.68. The van der Waals surface area contributed by atoms with Gasteiger partial charge in [0.1, 0.15) is 5.75 Å². The molecule has 140 valence electrons. The van der Waals surface area contributed by atoms with Crippen LogP contribution in [0.3, 0.4) is 0 Å². The highest BCUT2D eigenvalue weighted by atomic mass is 35.5. The Labute approximate surface area is 165 Å². The van der Waals surface area contributed by atoms with E-state index >= 15 is 0 Å². The van der Waals surface area contributed by atoms with Gasteiger partial charge in [0.15, 0.2) is 0 Å². The van der Waals surface area contributed by atoms with E-state index in [4.69, 9.17) is 16.3 Å². The van der Waals surface area contributed by atoms with E-state index in [2.05, 4.69) is 0 Å². The van der Waals surface area contributed by atoms with Crippen molar-refractivity contribution in [3.63, 3.8) is 0 Å². The van der Waals surface area contributed by atoms with E-state index < -0.39 is 10.0 Å². The second kappa shape index (κ2) is 8.03. The topological polar surface area (TPSA) is 46.6 Å². The summed E-state index contributed by atoms with van der Waals surface area (Å²) in [5.41, 5.74) is 2.35. The van der Waals surface area contributed by atoms with Crippen LogP contribution in [0.15, 0.2) is 77.7 Å². The summed E-state index contributed by atoms with van der Waals surface area (Å²) >= 11 is 6.11. The van der Waals surface area contributed by atoms with Gasteiger partial charge >= 0.3 is 0 Å². The lowest BCUT2D eigenvalue weighted by atomic mass is 10.2. The summed E-state index contributed by atoms with van der Waals surface area (Å²) in [4.78, 5) is 0.238. The monoisotopic (exact) mass is 401 g/mol. The summed E-state index contributed by atoms with van der Waals surface area (Å²) in [7, 11) is -2.17. The number of methoxy groups -OCH3 is 1. The minimum atomic E-state index is -3.76. The van der Waals surface area contributed by atoms with Crippen molar-refractivity contribution in [2.24, 2.45) is 0 Å². The average molecular weight is 402 g/mol. The molecule has 0 aromatic heterocycles. The van der Waals surface area contributed by atoms with Crippen molar-refractivity contribution in [1.82, 2.24) is 0 Å². The molecular formula is C21H20ClNO3S. The summed E-state index contributed by atoms with van der Waals surface area (Å²) in [6.07, 6.45) is 0. The van der Waals surface area contributed by atoms with E-state index in [-0.39, 0.29) is 11.4 Å². The molecule has 0 heterocycles. The third-order valence-corrected chi connectivity index (χ3v) is 6.21. The molecule has 0 aliphatic heterocycles. The number of sulfonamides is 1. The van der Waals surface area contributed by atoms with Crippen molar-refractivity contribution in [2.75, 3.05) is 11.4 Å². The highest BCUT2D eigenvalue weighted by Crippen LogP contribution is 2.28. The standard InChI is InChI=1S/C21H20ClNO3S/c1-16-6-12-21(13-7-16)27(24,25)23(19-5-3-4-18(22)14-19)15-17-8-10-20(26-2)11-9-17/h3-14H,15H2,1-2H3. The van der Waals surface area contributed by atoms with Crippen molar-refractivity contribution in [3.8, 4) is 5.75 Å². The Kier molecular flexibility index (Phi) is 5.73. The predicted molar refractivity (Wildman–Crippen MR) is 109 cm³/mol. The molecule has 0 bridgehead atoms. The van der Waals surface area contributed by atoms with E-state index in [1.165, 1.54) is 4.31 Å². The van der Waals surface area contributed by atoms with Gasteiger partial charge in [0.2, 0.25) is 0 Å². The molecule has 0 amide bonds. The molecule has 0 saturated heterocycles. The Balaban J connectivity index is 2.04. The van der Waals surface area contributed by atoms with Crippen LogP contribution in [-0.2, 0) is 16.6 Å². The van der Waals surface area contributed by atoms with Gasteiger partial charge in [0.25, 0.3) is 10.0 Å². The van der Waals surface area contributed by atoms with Gasteiger partial charge in [0, 0.05) is 5.02 Å². The molecule has 6 heteroatoms. The summed E-state index contributed by atoms with van der Waals surface area (Å²) < 4.78 is 33.2. The summed E-state index contributed by atoms with van der Waals surface area (Å²) in [6.45, 7) is 2.10. The molecule has 3 aromatic carbocycles. The second-order valence-corrected chi connectivity index (χ2v) is 8.45. The van der Waals surface area contributed by atoms with Gasteiger partial charge < -0.3 is 4.74 Å². The Morgan fingerprint density at radius 1 is 0.963 bits per heavy atom. The maximum atomic E-state index is 13.3. The van der Waals surface area contributed by atoms with Gasteiger partial charge in [-0.1, -0.05) is 47.5 Å². The fraction of sp³-hybridized carbons (Fsp3) is 0.143. The SMILES string of the molecule is COc1ccc(CN(c2cccc(Cl)c2)S(=O)(=O)c2ccc(C)cc2)cc1. The Hall–Kier alpha value is -2.50. The van der Waals surface area contributed by atoms with Crippen LogP contribution >= 0.6 is 11.6 Å². The molecule has 0 N–H and O–H groups in total. The number of hydrogen-bond acceptors (Lipinski definition) is 3. The smallest absolute Gasteiger partial charge is 0.264 e. The number of benzene rings is 3. The first-order chi connectivity index (χ1) is 12.9. The molecular weight excluding hydrogens is 382 g/mol. The zero-order valence-electron chi connectivity index (χ0n) is 15.1. The minimum absolute atomic E-state index is 0.181. The number of ether oxygens (including phenoxy) is 1. The molecule has 0 saturated carbocycles. The second-order valence-electron chi connectivity index (χ2n) is 6.15. The molecule has 0 aliphatic rings. The molecule has 27 heavy (non-hydrogen) atoms. The largest absolute Gasteiger partial charge is 0.497 e. The molecule has 0 atom stereocenters. The van der Waals surface area contributed by atoms with Crippen LogP contribution in [0.5, 0.6) is 5.75 Å². The molecule has 0 spiro atoms. The zero-order valence-corrected chi connectivity index (χ0v) is 16.7. The molecule has 3 aromatic rings. The lowest BCUT2D eigenvalue weighted by molar-refractivity contribution is 0.414. The van der Waals surface area contributed by atoms with Gasteiger partial charge in [-0.25, -0.2) is 8.42 Å². The van der Waals surface area contributed by atoms with E-state index in [9.17, 15) is 8.42 Å². The van der Waals surface area contributed by atoms with Crippen molar-refractivity contribution >= 4 is 27.3 Å². The van der Waals surface area contributed by atoms with Gasteiger partial charge in [-0.15, -0.1) is 0 Å². The number of nitrogens with zero attached hydrogens (tertiary/aromatic N) is 1. The first kappa shape index (κ1) is 19.3. The van der Waals surface area contributed by atoms with Crippen LogP contribution in [0.2, 0.25) is 5.02 Å². The van der Waals surface area contributed by atoms with Crippen molar-refractivity contribution in [3.05, 3.63) is 88.9 Å². The van der Waals surface area contributed by atoms with Gasteiger partial charge in [0.05, 0.1) is 24.2 Å². The van der Waals surface area contributed by atoms with Crippen LogP contribution in [0.1, 0.15) is 11.1 Å². The Morgan fingerprint density at radius 2 is 1.63 bits per heavy atom. The molecule has 4 nitrogen and oxygen atoms in total. The van der Waals surface area contributed by atoms with E-state index in [0.717, 1.165) is 16.9 Å². The lowest BCUT2D eigenvalue weighted by Crippen LogP contribution is -2.30. The Bertz CT molecular complexity index is 1020. The number of hydrogen-bond donors (Lipinski definition) is 0. The lowest BCUT2D eigenvalue weighted by Gasteiger charge is -2.25. The zero-order chi connectivity index (χ0) is 19.4. The van der Waals surface area contributed by atoms with Crippen molar-refractivity contribution < 1.29 is 13.2 Å². The third-order valence-electron chi connectivity index (χ3n) is 4.19.